The minimum absolute atomic E-state index is 0.0435. The molecule has 216 valence electrons. The Labute approximate surface area is 239 Å². The van der Waals surface area contributed by atoms with Gasteiger partial charge in [0.25, 0.3) is 11.8 Å². The molecule has 1 amide bonds. The first-order valence-corrected chi connectivity index (χ1v) is 13.8. The van der Waals surface area contributed by atoms with Crippen LogP contribution in [0.4, 0.5) is 30.4 Å². The zero-order valence-corrected chi connectivity index (χ0v) is 22.8. The second kappa shape index (κ2) is 11.2. The van der Waals surface area contributed by atoms with E-state index in [1.807, 2.05) is 4.90 Å². The molecule has 2 N–H and O–H groups in total. The number of nitrogens with zero attached hydrogens (tertiary/aromatic N) is 4. The molecule has 41 heavy (non-hydrogen) atoms. The van der Waals surface area contributed by atoms with Crippen LogP contribution >= 0.6 is 11.6 Å². The predicted molar refractivity (Wildman–Crippen MR) is 148 cm³/mol. The second-order valence-electron chi connectivity index (χ2n) is 10.3. The van der Waals surface area contributed by atoms with Crippen LogP contribution in [0.2, 0.25) is 5.02 Å². The maximum absolute atomic E-state index is 13.8. The fourth-order valence-electron chi connectivity index (χ4n) is 4.92. The number of rotatable bonds is 7. The number of hydrogen-bond acceptors (Lipinski definition) is 8. The molecule has 1 saturated carbocycles. The fraction of sp³-hybridized carbons (Fsp3) is 0.393. The number of ether oxygens (including phenoxy) is 2. The van der Waals surface area contributed by atoms with Gasteiger partial charge in [-0.3, -0.25) is 9.69 Å². The Balaban J connectivity index is 1.20. The number of fused-ring (bicyclic) bond motifs is 1. The molecule has 2 aliphatic heterocycles. The Morgan fingerprint density at radius 1 is 1.12 bits per heavy atom. The van der Waals surface area contributed by atoms with Crippen molar-refractivity contribution in [1.29, 1.82) is 0 Å². The quantitative estimate of drug-likeness (QED) is 0.372. The molecule has 3 aromatic rings. The van der Waals surface area contributed by atoms with Gasteiger partial charge < -0.3 is 25.0 Å². The number of carbonyl (C=O) groups excluding carboxylic acids is 1. The van der Waals surface area contributed by atoms with E-state index < -0.39 is 17.6 Å². The second-order valence-corrected chi connectivity index (χ2v) is 10.7. The fourth-order valence-corrected chi connectivity index (χ4v) is 5.08. The van der Waals surface area contributed by atoms with Crippen molar-refractivity contribution < 1.29 is 27.4 Å². The molecule has 9 nitrogen and oxygen atoms in total. The van der Waals surface area contributed by atoms with Crippen LogP contribution in [-0.4, -0.2) is 66.7 Å². The lowest BCUT2D eigenvalue weighted by Gasteiger charge is -2.36. The number of halogens is 4. The van der Waals surface area contributed by atoms with E-state index in [9.17, 15) is 18.0 Å². The van der Waals surface area contributed by atoms with Gasteiger partial charge in [-0.1, -0.05) is 11.6 Å². The molecular formula is C28H28ClF3N6O3. The highest BCUT2D eigenvalue weighted by Gasteiger charge is 2.33. The summed E-state index contributed by atoms with van der Waals surface area (Å²) in [6.07, 6.45) is -0.754. The van der Waals surface area contributed by atoms with Gasteiger partial charge >= 0.3 is 6.18 Å². The summed E-state index contributed by atoms with van der Waals surface area (Å²) < 4.78 is 52.9. The Kier molecular flexibility index (Phi) is 7.52. The normalized spacial score (nSPS) is 17.3. The van der Waals surface area contributed by atoms with Gasteiger partial charge in [0.05, 0.1) is 17.1 Å². The highest BCUT2D eigenvalue weighted by Crippen LogP contribution is 2.39. The molecule has 1 aliphatic carbocycles. The number of aromatic nitrogens is 2. The van der Waals surface area contributed by atoms with Crippen molar-refractivity contribution in [2.75, 3.05) is 61.4 Å². The van der Waals surface area contributed by atoms with E-state index in [-0.39, 0.29) is 27.9 Å². The highest BCUT2D eigenvalue weighted by atomic mass is 35.5. The van der Waals surface area contributed by atoms with Crippen molar-refractivity contribution in [3.8, 4) is 17.4 Å². The van der Waals surface area contributed by atoms with Gasteiger partial charge in [0.15, 0.2) is 5.82 Å². The van der Waals surface area contributed by atoms with E-state index in [1.165, 1.54) is 37.4 Å². The molecule has 0 unspecified atom stereocenters. The number of benzene rings is 2. The zero-order chi connectivity index (χ0) is 28.6. The van der Waals surface area contributed by atoms with Crippen LogP contribution in [0.15, 0.2) is 42.7 Å². The molecule has 0 radical (unpaired) electrons. The van der Waals surface area contributed by atoms with Gasteiger partial charge in [-0.2, -0.15) is 18.2 Å². The molecule has 0 atom stereocenters. The van der Waals surface area contributed by atoms with Gasteiger partial charge in [0.2, 0.25) is 5.75 Å². The predicted octanol–water partition coefficient (Wildman–Crippen LogP) is 5.53. The van der Waals surface area contributed by atoms with Crippen LogP contribution in [0.25, 0.3) is 0 Å². The van der Waals surface area contributed by atoms with E-state index in [2.05, 4.69) is 25.5 Å². The molecule has 2 aromatic carbocycles. The van der Waals surface area contributed by atoms with Crippen molar-refractivity contribution in [2.45, 2.75) is 19.0 Å². The maximum Gasteiger partial charge on any atom is 0.416 e. The molecule has 2 fully saturated rings. The molecule has 6 rings (SSSR count). The first-order valence-electron chi connectivity index (χ1n) is 13.4. The highest BCUT2D eigenvalue weighted by molar-refractivity contribution is 6.32. The summed E-state index contributed by atoms with van der Waals surface area (Å²) in [4.78, 5) is 25.7. The molecule has 1 aromatic heterocycles. The number of piperazine rings is 1. The number of alkyl halides is 3. The summed E-state index contributed by atoms with van der Waals surface area (Å²) >= 11 is 6.32. The summed E-state index contributed by atoms with van der Waals surface area (Å²) in [5, 5.41) is 5.90. The van der Waals surface area contributed by atoms with Gasteiger partial charge in [0, 0.05) is 49.7 Å². The third-order valence-corrected chi connectivity index (χ3v) is 7.58. The average molecular weight is 589 g/mol. The number of carbonyl (C=O) groups is 1. The monoisotopic (exact) mass is 588 g/mol. The zero-order valence-electron chi connectivity index (χ0n) is 22.0. The van der Waals surface area contributed by atoms with E-state index in [1.54, 1.807) is 6.07 Å². The number of anilines is 3. The van der Waals surface area contributed by atoms with Crippen molar-refractivity contribution in [2.24, 2.45) is 5.92 Å². The smallest absolute Gasteiger partial charge is 0.416 e. The van der Waals surface area contributed by atoms with Crippen LogP contribution in [-0.2, 0) is 6.18 Å². The van der Waals surface area contributed by atoms with Crippen molar-refractivity contribution in [3.05, 3.63) is 58.9 Å². The SMILES string of the molecule is O=C(Nc1cc(N2CCN(CC3CC3)CC2)cc(C(F)(F)F)c1)c1ccc(Cl)c(Oc2ncnc3c2OCCN3)c1. The summed E-state index contributed by atoms with van der Waals surface area (Å²) in [6.45, 7) is 4.83. The van der Waals surface area contributed by atoms with E-state index >= 15 is 0 Å². The lowest BCUT2D eigenvalue weighted by molar-refractivity contribution is -0.137. The molecule has 0 spiro atoms. The summed E-state index contributed by atoms with van der Waals surface area (Å²) in [6, 6.07) is 7.99. The standard InChI is InChI=1S/C28H28ClF3N6O3/c29-22-4-3-18(11-23(22)41-27-24-25(34-16-35-27)33-5-10-40-24)26(39)36-20-12-19(28(30,31)32)13-21(14-20)38-8-6-37(7-9-38)15-17-1-2-17/h3-4,11-14,16-17H,1-2,5-10,15H2,(H,36,39)(H,33,34,35). The van der Waals surface area contributed by atoms with Crippen molar-refractivity contribution >= 4 is 34.7 Å². The van der Waals surface area contributed by atoms with Gasteiger partial charge in [-0.05, 0) is 55.2 Å². The van der Waals surface area contributed by atoms with Crippen LogP contribution in [0, 0.1) is 5.92 Å². The average Bonchev–Trinajstić information content (AvgIpc) is 3.78. The molecular weight excluding hydrogens is 561 g/mol. The molecule has 0 bridgehead atoms. The summed E-state index contributed by atoms with van der Waals surface area (Å²) in [5.74, 6) is 1.16. The van der Waals surface area contributed by atoms with Crippen LogP contribution in [0.1, 0.15) is 28.8 Å². The van der Waals surface area contributed by atoms with Crippen LogP contribution in [0.5, 0.6) is 17.4 Å². The first-order chi connectivity index (χ1) is 19.7. The first kappa shape index (κ1) is 27.4. The third kappa shape index (κ3) is 6.43. The largest absolute Gasteiger partial charge is 0.483 e. The van der Waals surface area contributed by atoms with E-state index in [0.717, 1.165) is 37.7 Å². The number of hydrogen-bond donors (Lipinski definition) is 2. The maximum atomic E-state index is 13.8. The molecule has 13 heteroatoms. The Bertz CT molecular complexity index is 1440. The van der Waals surface area contributed by atoms with Crippen molar-refractivity contribution in [3.63, 3.8) is 0 Å². The van der Waals surface area contributed by atoms with Crippen LogP contribution in [0.3, 0.4) is 0 Å². The minimum atomic E-state index is -4.57. The molecule has 3 heterocycles. The Morgan fingerprint density at radius 3 is 2.68 bits per heavy atom. The summed E-state index contributed by atoms with van der Waals surface area (Å²) in [5.41, 5.74) is -0.225. The Hall–Kier alpha value is -3.77. The van der Waals surface area contributed by atoms with E-state index in [4.69, 9.17) is 21.1 Å². The number of nitrogens with one attached hydrogen (secondary N) is 2. The number of amides is 1. The lowest BCUT2D eigenvalue weighted by atomic mass is 10.1. The van der Waals surface area contributed by atoms with Gasteiger partial charge in [-0.25, -0.2) is 4.98 Å². The Morgan fingerprint density at radius 2 is 1.93 bits per heavy atom. The third-order valence-electron chi connectivity index (χ3n) is 7.27. The van der Waals surface area contributed by atoms with Gasteiger partial charge in [-0.15, -0.1) is 0 Å². The van der Waals surface area contributed by atoms with Gasteiger partial charge in [0.1, 0.15) is 18.7 Å². The molecule has 1 saturated heterocycles. The molecule has 3 aliphatic rings. The topological polar surface area (TPSA) is 91.9 Å². The van der Waals surface area contributed by atoms with Crippen molar-refractivity contribution in [1.82, 2.24) is 14.9 Å². The minimum Gasteiger partial charge on any atom is -0.483 e. The van der Waals surface area contributed by atoms with E-state index in [0.29, 0.717) is 43.5 Å². The lowest BCUT2D eigenvalue weighted by Crippen LogP contribution is -2.47. The summed E-state index contributed by atoms with van der Waals surface area (Å²) in [7, 11) is 0. The van der Waals surface area contributed by atoms with Crippen LogP contribution < -0.4 is 25.0 Å².